The average molecular weight is 194 g/mol. The molecule has 1 heterocycles. The minimum atomic E-state index is 0.410. The van der Waals surface area contributed by atoms with Crippen molar-refractivity contribution in [1.29, 1.82) is 0 Å². The Morgan fingerprint density at radius 1 is 1.31 bits per heavy atom. The number of aromatic nitrogens is 2. The first kappa shape index (κ1) is 8.41. The van der Waals surface area contributed by atoms with E-state index in [0.29, 0.717) is 11.7 Å². The van der Waals surface area contributed by atoms with Gasteiger partial charge in [0.25, 0.3) is 0 Å². The van der Waals surface area contributed by atoms with Crippen LogP contribution in [0.4, 0.5) is 0 Å². The lowest BCUT2D eigenvalue weighted by Gasteiger charge is -1.99. The van der Waals surface area contributed by atoms with E-state index in [1.165, 1.54) is 6.20 Å². The summed E-state index contributed by atoms with van der Waals surface area (Å²) < 4.78 is 0. The van der Waals surface area contributed by atoms with Gasteiger partial charge in [0.1, 0.15) is 5.15 Å². The van der Waals surface area contributed by atoms with Gasteiger partial charge in [0.2, 0.25) is 0 Å². The minimum absolute atomic E-state index is 0.410. The van der Waals surface area contributed by atoms with Gasteiger partial charge in [0, 0.05) is 6.54 Å². The number of fused-ring (bicyclic) bond motifs is 1. The Morgan fingerprint density at radius 3 is 2.92 bits per heavy atom. The Hall–Kier alpha value is -1.19. The molecule has 0 bridgehead atoms. The van der Waals surface area contributed by atoms with Crippen LogP contribution in [0.2, 0.25) is 5.15 Å². The van der Waals surface area contributed by atoms with Crippen LogP contribution < -0.4 is 5.73 Å². The molecule has 1 aromatic heterocycles. The molecule has 2 rings (SSSR count). The van der Waals surface area contributed by atoms with Gasteiger partial charge in [-0.1, -0.05) is 17.7 Å². The molecular weight excluding hydrogens is 186 g/mol. The molecule has 0 aliphatic rings. The normalized spacial score (nSPS) is 10.6. The van der Waals surface area contributed by atoms with Gasteiger partial charge in [-0.25, -0.2) is 4.98 Å². The van der Waals surface area contributed by atoms with Crippen molar-refractivity contribution in [2.75, 3.05) is 0 Å². The fourth-order valence-electron chi connectivity index (χ4n) is 1.16. The zero-order valence-electron chi connectivity index (χ0n) is 6.87. The molecule has 0 unspecified atom stereocenters. The second-order valence-electron chi connectivity index (χ2n) is 2.72. The highest BCUT2D eigenvalue weighted by Gasteiger charge is 1.98. The van der Waals surface area contributed by atoms with Gasteiger partial charge >= 0.3 is 0 Å². The number of nitrogens with zero attached hydrogens (tertiary/aromatic N) is 2. The lowest BCUT2D eigenvalue weighted by molar-refractivity contribution is 1.07. The largest absolute Gasteiger partial charge is 0.326 e. The monoisotopic (exact) mass is 193 g/mol. The van der Waals surface area contributed by atoms with Crippen LogP contribution in [0.5, 0.6) is 0 Å². The summed E-state index contributed by atoms with van der Waals surface area (Å²) in [6.45, 7) is 0.514. The summed E-state index contributed by atoms with van der Waals surface area (Å²) in [5, 5.41) is 0.410. The molecule has 0 saturated carbocycles. The van der Waals surface area contributed by atoms with E-state index < -0.39 is 0 Å². The molecule has 0 amide bonds. The molecule has 0 spiro atoms. The lowest BCUT2D eigenvalue weighted by atomic mass is 10.2. The number of nitrogens with two attached hydrogens (primary N) is 1. The average Bonchev–Trinajstić information content (AvgIpc) is 2.17. The Bertz CT molecular complexity index is 442. The topological polar surface area (TPSA) is 51.8 Å². The maximum Gasteiger partial charge on any atom is 0.148 e. The van der Waals surface area contributed by atoms with Crippen LogP contribution in [-0.4, -0.2) is 9.97 Å². The zero-order valence-corrected chi connectivity index (χ0v) is 7.62. The van der Waals surface area contributed by atoms with Crippen molar-refractivity contribution in [3.63, 3.8) is 0 Å². The second kappa shape index (κ2) is 3.28. The Kier molecular flexibility index (Phi) is 2.12. The molecule has 4 heteroatoms. The number of halogens is 1. The second-order valence-corrected chi connectivity index (χ2v) is 3.11. The van der Waals surface area contributed by atoms with Crippen LogP contribution in [-0.2, 0) is 6.54 Å². The van der Waals surface area contributed by atoms with E-state index in [-0.39, 0.29) is 0 Å². The highest BCUT2D eigenvalue weighted by atomic mass is 35.5. The summed E-state index contributed by atoms with van der Waals surface area (Å²) in [6.07, 6.45) is 1.53. The smallest absolute Gasteiger partial charge is 0.148 e. The molecular formula is C9H8ClN3. The van der Waals surface area contributed by atoms with Crippen molar-refractivity contribution in [1.82, 2.24) is 9.97 Å². The molecule has 0 saturated heterocycles. The van der Waals surface area contributed by atoms with Crippen molar-refractivity contribution >= 4 is 22.6 Å². The van der Waals surface area contributed by atoms with Gasteiger partial charge < -0.3 is 5.73 Å². The molecule has 0 atom stereocenters. The molecule has 3 nitrogen and oxygen atoms in total. The fourth-order valence-corrected chi connectivity index (χ4v) is 1.30. The molecule has 0 radical (unpaired) electrons. The fraction of sp³-hybridized carbons (Fsp3) is 0.111. The molecule has 0 aliphatic carbocycles. The SMILES string of the molecule is NCc1ccc2nc(Cl)cnc2c1. The van der Waals surface area contributed by atoms with E-state index in [1.807, 2.05) is 18.2 Å². The molecule has 2 N–H and O–H groups in total. The van der Waals surface area contributed by atoms with Gasteiger partial charge in [-0.15, -0.1) is 0 Å². The summed E-state index contributed by atoms with van der Waals surface area (Å²) in [4.78, 5) is 8.25. The molecule has 66 valence electrons. The zero-order chi connectivity index (χ0) is 9.26. The first-order chi connectivity index (χ1) is 6.29. The third kappa shape index (κ3) is 1.61. The van der Waals surface area contributed by atoms with Crippen LogP contribution in [0, 0.1) is 0 Å². The predicted octanol–water partition coefficient (Wildman–Crippen LogP) is 1.74. The minimum Gasteiger partial charge on any atom is -0.326 e. The highest BCUT2D eigenvalue weighted by Crippen LogP contribution is 2.13. The molecule has 0 aliphatic heterocycles. The summed E-state index contributed by atoms with van der Waals surface area (Å²) in [6, 6.07) is 5.71. The van der Waals surface area contributed by atoms with Crippen LogP contribution >= 0.6 is 11.6 Å². The third-order valence-corrected chi connectivity index (χ3v) is 2.00. The Balaban J connectivity index is 2.66. The van der Waals surface area contributed by atoms with Gasteiger partial charge in [-0.05, 0) is 17.7 Å². The predicted molar refractivity (Wildman–Crippen MR) is 52.4 cm³/mol. The molecule has 2 aromatic rings. The summed E-state index contributed by atoms with van der Waals surface area (Å²) in [5.74, 6) is 0. The summed E-state index contributed by atoms with van der Waals surface area (Å²) in [7, 11) is 0. The van der Waals surface area contributed by atoms with Gasteiger partial charge in [0.15, 0.2) is 0 Å². The maximum absolute atomic E-state index is 5.69. The van der Waals surface area contributed by atoms with E-state index >= 15 is 0 Å². The van der Waals surface area contributed by atoms with E-state index in [4.69, 9.17) is 17.3 Å². The number of hydrogen-bond acceptors (Lipinski definition) is 3. The molecule has 0 fully saturated rings. The summed E-state index contributed by atoms with van der Waals surface area (Å²) in [5.41, 5.74) is 8.16. The van der Waals surface area contributed by atoms with Crippen molar-refractivity contribution in [2.45, 2.75) is 6.54 Å². The van der Waals surface area contributed by atoms with Crippen LogP contribution in [0.15, 0.2) is 24.4 Å². The van der Waals surface area contributed by atoms with Crippen LogP contribution in [0.3, 0.4) is 0 Å². The van der Waals surface area contributed by atoms with Crippen molar-refractivity contribution < 1.29 is 0 Å². The highest BCUT2D eigenvalue weighted by molar-refractivity contribution is 6.29. The van der Waals surface area contributed by atoms with Crippen LogP contribution in [0.1, 0.15) is 5.56 Å². The van der Waals surface area contributed by atoms with E-state index in [0.717, 1.165) is 16.6 Å². The summed E-state index contributed by atoms with van der Waals surface area (Å²) >= 11 is 5.69. The number of rotatable bonds is 1. The van der Waals surface area contributed by atoms with Gasteiger partial charge in [-0.3, -0.25) is 4.98 Å². The van der Waals surface area contributed by atoms with Gasteiger partial charge in [0.05, 0.1) is 17.2 Å². The van der Waals surface area contributed by atoms with Gasteiger partial charge in [-0.2, -0.15) is 0 Å². The standard InChI is InChI=1S/C9H8ClN3/c10-9-5-12-8-3-6(4-11)1-2-7(8)13-9/h1-3,5H,4,11H2. The van der Waals surface area contributed by atoms with E-state index in [1.54, 1.807) is 0 Å². The molecule has 13 heavy (non-hydrogen) atoms. The van der Waals surface area contributed by atoms with E-state index in [2.05, 4.69) is 9.97 Å². The van der Waals surface area contributed by atoms with E-state index in [9.17, 15) is 0 Å². The Labute approximate surface area is 80.6 Å². The number of hydrogen-bond donors (Lipinski definition) is 1. The van der Waals surface area contributed by atoms with Crippen molar-refractivity contribution in [3.8, 4) is 0 Å². The lowest BCUT2D eigenvalue weighted by Crippen LogP contribution is -1.96. The van der Waals surface area contributed by atoms with Crippen molar-refractivity contribution in [3.05, 3.63) is 35.1 Å². The first-order valence-electron chi connectivity index (χ1n) is 3.91. The van der Waals surface area contributed by atoms with Crippen molar-refractivity contribution in [2.24, 2.45) is 5.73 Å². The first-order valence-corrected chi connectivity index (χ1v) is 4.28. The number of benzene rings is 1. The Morgan fingerprint density at radius 2 is 2.15 bits per heavy atom. The third-order valence-electron chi connectivity index (χ3n) is 1.81. The maximum atomic E-state index is 5.69. The molecule has 1 aromatic carbocycles. The quantitative estimate of drug-likeness (QED) is 0.751. The van der Waals surface area contributed by atoms with Crippen LogP contribution in [0.25, 0.3) is 11.0 Å².